The molecule has 1 aromatic rings. The normalized spacial score (nSPS) is 10.7. The maximum atomic E-state index is 6.32. The number of halogens is 1. The van der Waals surface area contributed by atoms with Crippen LogP contribution in [0.15, 0.2) is 0 Å². The van der Waals surface area contributed by atoms with E-state index in [0.717, 1.165) is 46.1 Å². The first-order valence-corrected chi connectivity index (χ1v) is 6.15. The van der Waals surface area contributed by atoms with Crippen LogP contribution in [0.3, 0.4) is 0 Å². The van der Waals surface area contributed by atoms with E-state index < -0.39 is 0 Å². The average molecular weight is 257 g/mol. The molecule has 0 atom stereocenters. The molecule has 4 heteroatoms. The van der Waals surface area contributed by atoms with Crippen molar-refractivity contribution in [3.05, 3.63) is 27.3 Å². The molecule has 0 radical (unpaired) electrons. The predicted molar refractivity (Wildman–Crippen MR) is 73.0 cm³/mol. The molecule has 1 rings (SSSR count). The molecule has 0 aromatic heterocycles. The zero-order chi connectivity index (χ0) is 13.0. The molecule has 0 saturated carbocycles. The van der Waals surface area contributed by atoms with Crippen molar-refractivity contribution in [1.82, 2.24) is 5.32 Å². The Balaban J connectivity index is 3.17. The standard InChI is InChI=1S/C13H21ClN2O/c1-8-9(2)13(17-4)11(7-16-6-5-15)10(3)12(8)14/h16H,5-7,15H2,1-4H3. The van der Waals surface area contributed by atoms with Gasteiger partial charge in [0, 0.05) is 30.2 Å². The summed E-state index contributed by atoms with van der Waals surface area (Å²) in [6.45, 7) is 8.22. The highest BCUT2D eigenvalue weighted by Crippen LogP contribution is 2.35. The summed E-state index contributed by atoms with van der Waals surface area (Å²) in [5, 5.41) is 4.10. The lowest BCUT2D eigenvalue weighted by atomic mass is 9.98. The molecule has 0 unspecified atom stereocenters. The van der Waals surface area contributed by atoms with Gasteiger partial charge in [0.15, 0.2) is 0 Å². The lowest BCUT2D eigenvalue weighted by molar-refractivity contribution is 0.403. The number of nitrogens with one attached hydrogen (secondary N) is 1. The van der Waals surface area contributed by atoms with Crippen LogP contribution in [0.25, 0.3) is 0 Å². The summed E-state index contributed by atoms with van der Waals surface area (Å²) in [6.07, 6.45) is 0. The van der Waals surface area contributed by atoms with Crippen molar-refractivity contribution in [2.75, 3.05) is 20.2 Å². The molecule has 0 spiro atoms. The Labute approximate surface area is 108 Å². The van der Waals surface area contributed by atoms with Crippen LogP contribution in [0.5, 0.6) is 5.75 Å². The zero-order valence-electron chi connectivity index (χ0n) is 11.0. The van der Waals surface area contributed by atoms with Gasteiger partial charge in [-0.05, 0) is 37.5 Å². The van der Waals surface area contributed by atoms with E-state index in [1.165, 1.54) is 0 Å². The highest BCUT2D eigenvalue weighted by atomic mass is 35.5. The maximum Gasteiger partial charge on any atom is 0.126 e. The SMILES string of the molecule is COc1c(C)c(C)c(Cl)c(C)c1CNCCN. The molecule has 0 amide bonds. The van der Waals surface area contributed by atoms with Gasteiger partial charge in [0.1, 0.15) is 5.75 Å². The molecule has 0 heterocycles. The quantitative estimate of drug-likeness (QED) is 0.795. The molecule has 3 nitrogen and oxygen atoms in total. The van der Waals surface area contributed by atoms with Gasteiger partial charge in [-0.2, -0.15) is 0 Å². The molecule has 0 aliphatic heterocycles. The summed E-state index contributed by atoms with van der Waals surface area (Å²) in [7, 11) is 1.70. The lowest BCUT2D eigenvalue weighted by Gasteiger charge is -2.19. The van der Waals surface area contributed by atoms with E-state index in [1.807, 2.05) is 20.8 Å². The highest BCUT2D eigenvalue weighted by Gasteiger charge is 2.16. The molecule has 96 valence electrons. The largest absolute Gasteiger partial charge is 0.496 e. The summed E-state index contributed by atoms with van der Waals surface area (Å²) < 4.78 is 5.49. The maximum absolute atomic E-state index is 6.32. The molecule has 0 aliphatic rings. The second-order valence-electron chi connectivity index (χ2n) is 4.17. The molecule has 0 bridgehead atoms. The smallest absolute Gasteiger partial charge is 0.126 e. The van der Waals surface area contributed by atoms with Crippen LogP contribution in [0, 0.1) is 20.8 Å². The number of rotatable bonds is 5. The van der Waals surface area contributed by atoms with E-state index in [0.29, 0.717) is 6.54 Å². The fourth-order valence-electron chi connectivity index (χ4n) is 1.95. The van der Waals surface area contributed by atoms with Crippen LogP contribution in [0.2, 0.25) is 5.02 Å². The van der Waals surface area contributed by atoms with Crippen LogP contribution in [-0.2, 0) is 6.54 Å². The third kappa shape index (κ3) is 2.92. The third-order valence-corrected chi connectivity index (χ3v) is 3.68. The molecule has 17 heavy (non-hydrogen) atoms. The van der Waals surface area contributed by atoms with Crippen molar-refractivity contribution in [3.8, 4) is 5.75 Å². The molecule has 0 saturated heterocycles. The first kappa shape index (κ1) is 14.3. The van der Waals surface area contributed by atoms with E-state index >= 15 is 0 Å². The third-order valence-electron chi connectivity index (χ3n) is 3.12. The molecule has 0 fully saturated rings. The van der Waals surface area contributed by atoms with Crippen LogP contribution >= 0.6 is 11.6 Å². The van der Waals surface area contributed by atoms with Gasteiger partial charge in [-0.25, -0.2) is 0 Å². The Morgan fingerprint density at radius 3 is 2.35 bits per heavy atom. The van der Waals surface area contributed by atoms with Gasteiger partial charge in [0.2, 0.25) is 0 Å². The minimum absolute atomic E-state index is 0.625. The Morgan fingerprint density at radius 1 is 1.18 bits per heavy atom. The van der Waals surface area contributed by atoms with Crippen LogP contribution in [-0.4, -0.2) is 20.2 Å². The average Bonchev–Trinajstić information content (AvgIpc) is 2.33. The second-order valence-corrected chi connectivity index (χ2v) is 4.54. The summed E-state index contributed by atoms with van der Waals surface area (Å²) >= 11 is 6.32. The van der Waals surface area contributed by atoms with Gasteiger partial charge in [-0.1, -0.05) is 11.6 Å². The fraction of sp³-hybridized carbons (Fsp3) is 0.538. The number of ether oxygens (including phenoxy) is 1. The summed E-state index contributed by atoms with van der Waals surface area (Å²) in [5.41, 5.74) is 9.86. The minimum Gasteiger partial charge on any atom is -0.496 e. The van der Waals surface area contributed by atoms with Crippen molar-refractivity contribution >= 4 is 11.6 Å². The van der Waals surface area contributed by atoms with Crippen molar-refractivity contribution in [2.24, 2.45) is 5.73 Å². The fourth-order valence-corrected chi connectivity index (χ4v) is 2.21. The van der Waals surface area contributed by atoms with Crippen LogP contribution in [0.4, 0.5) is 0 Å². The van der Waals surface area contributed by atoms with Crippen molar-refractivity contribution in [1.29, 1.82) is 0 Å². The van der Waals surface area contributed by atoms with E-state index in [1.54, 1.807) is 7.11 Å². The van der Waals surface area contributed by atoms with E-state index in [-0.39, 0.29) is 0 Å². The van der Waals surface area contributed by atoms with Gasteiger partial charge in [-0.15, -0.1) is 0 Å². The second kappa shape index (κ2) is 6.24. The highest BCUT2D eigenvalue weighted by molar-refractivity contribution is 6.32. The zero-order valence-corrected chi connectivity index (χ0v) is 11.7. The number of benzene rings is 1. The molecular formula is C13H21ClN2O. The van der Waals surface area contributed by atoms with Gasteiger partial charge in [0.05, 0.1) is 7.11 Å². The van der Waals surface area contributed by atoms with E-state index in [9.17, 15) is 0 Å². The van der Waals surface area contributed by atoms with E-state index in [4.69, 9.17) is 22.1 Å². The van der Waals surface area contributed by atoms with Crippen molar-refractivity contribution < 1.29 is 4.74 Å². The number of methoxy groups -OCH3 is 1. The lowest BCUT2D eigenvalue weighted by Crippen LogP contribution is -2.23. The van der Waals surface area contributed by atoms with Gasteiger partial charge >= 0.3 is 0 Å². The summed E-state index contributed by atoms with van der Waals surface area (Å²) in [6, 6.07) is 0. The topological polar surface area (TPSA) is 47.3 Å². The Bertz CT molecular complexity index is 405. The first-order valence-electron chi connectivity index (χ1n) is 5.77. The Morgan fingerprint density at radius 2 is 1.82 bits per heavy atom. The van der Waals surface area contributed by atoms with Crippen LogP contribution < -0.4 is 15.8 Å². The predicted octanol–water partition coefficient (Wildman–Crippen LogP) is 2.32. The molecule has 3 N–H and O–H groups in total. The number of hydrogen-bond donors (Lipinski definition) is 2. The minimum atomic E-state index is 0.625. The van der Waals surface area contributed by atoms with Crippen molar-refractivity contribution in [3.63, 3.8) is 0 Å². The van der Waals surface area contributed by atoms with E-state index in [2.05, 4.69) is 5.32 Å². The van der Waals surface area contributed by atoms with Crippen molar-refractivity contribution in [2.45, 2.75) is 27.3 Å². The number of nitrogens with two attached hydrogens (primary N) is 1. The Hall–Kier alpha value is -0.770. The molecule has 1 aromatic carbocycles. The summed E-state index contributed by atoms with van der Waals surface area (Å²) in [5.74, 6) is 0.925. The number of hydrogen-bond acceptors (Lipinski definition) is 3. The van der Waals surface area contributed by atoms with Gasteiger partial charge in [0.25, 0.3) is 0 Å². The van der Waals surface area contributed by atoms with Gasteiger partial charge < -0.3 is 15.8 Å². The monoisotopic (exact) mass is 256 g/mol. The molecule has 0 aliphatic carbocycles. The Kier molecular flexibility index (Phi) is 5.25. The summed E-state index contributed by atoms with van der Waals surface area (Å²) in [4.78, 5) is 0. The van der Waals surface area contributed by atoms with Crippen LogP contribution in [0.1, 0.15) is 22.3 Å². The first-order chi connectivity index (χ1) is 8.04. The van der Waals surface area contributed by atoms with Gasteiger partial charge in [-0.3, -0.25) is 0 Å². The molecular weight excluding hydrogens is 236 g/mol.